The van der Waals surface area contributed by atoms with E-state index in [-0.39, 0.29) is 5.54 Å². The summed E-state index contributed by atoms with van der Waals surface area (Å²) in [6.45, 7) is 12.2. The van der Waals surface area contributed by atoms with E-state index in [0.29, 0.717) is 0 Å². The van der Waals surface area contributed by atoms with Crippen molar-refractivity contribution in [1.29, 1.82) is 0 Å². The van der Waals surface area contributed by atoms with Crippen molar-refractivity contribution in [3.05, 3.63) is 23.5 Å². The van der Waals surface area contributed by atoms with Gasteiger partial charge >= 0.3 is 0 Å². The molecule has 0 aromatic carbocycles. The van der Waals surface area contributed by atoms with Gasteiger partial charge in [-0.2, -0.15) is 0 Å². The van der Waals surface area contributed by atoms with Gasteiger partial charge in [0.1, 0.15) is 0 Å². The molecule has 1 heterocycles. The van der Waals surface area contributed by atoms with Crippen LogP contribution in [0.2, 0.25) is 0 Å². The predicted octanol–water partition coefficient (Wildman–Crippen LogP) is 2.09. The molecule has 0 amide bonds. The quantitative estimate of drug-likeness (QED) is 0.626. The van der Waals surface area contributed by atoms with Crippen molar-refractivity contribution >= 4 is 0 Å². The first-order valence-electron chi connectivity index (χ1n) is 5.65. The van der Waals surface area contributed by atoms with E-state index < -0.39 is 0 Å². The molecule has 0 radical (unpaired) electrons. The molecule has 0 spiro atoms. The van der Waals surface area contributed by atoms with Gasteiger partial charge in [-0.1, -0.05) is 16.9 Å². The normalized spacial score (nSPS) is 11.6. The van der Waals surface area contributed by atoms with Crippen LogP contribution in [0.25, 0.3) is 0 Å². The predicted molar refractivity (Wildman–Crippen MR) is 66.2 cm³/mol. The molecular weight excluding hydrogens is 200 g/mol. The van der Waals surface area contributed by atoms with Crippen molar-refractivity contribution < 1.29 is 0 Å². The minimum Gasteiger partial charge on any atom is -0.308 e. The van der Waals surface area contributed by atoms with Crippen LogP contribution in [0.3, 0.4) is 0 Å². The van der Waals surface area contributed by atoms with Crippen molar-refractivity contribution in [2.45, 2.75) is 46.7 Å². The summed E-state index contributed by atoms with van der Waals surface area (Å²) in [7, 11) is 0. The molecule has 0 aliphatic heterocycles. The van der Waals surface area contributed by atoms with Crippen LogP contribution in [0.5, 0.6) is 0 Å². The Bertz CT molecular complexity index is 353. The Balaban J connectivity index is 2.44. The summed E-state index contributed by atoms with van der Waals surface area (Å²) in [6.07, 6.45) is 4.16. The number of rotatable bonds is 4. The van der Waals surface area contributed by atoms with Crippen LogP contribution >= 0.6 is 0 Å². The summed E-state index contributed by atoms with van der Waals surface area (Å²) >= 11 is 0. The number of hydrogen-bond donors (Lipinski definition) is 1. The number of nitrogens with one attached hydrogen (secondary N) is 1. The van der Waals surface area contributed by atoms with E-state index in [0.717, 1.165) is 18.8 Å². The highest BCUT2D eigenvalue weighted by molar-refractivity contribution is 4.97. The lowest BCUT2D eigenvalue weighted by atomic mass is 10.1. The third-order valence-electron chi connectivity index (χ3n) is 2.19. The molecule has 1 aromatic heterocycles. The van der Waals surface area contributed by atoms with Crippen LogP contribution in [0, 0.1) is 0 Å². The summed E-state index contributed by atoms with van der Waals surface area (Å²) in [5, 5.41) is 11.5. The smallest absolute Gasteiger partial charge is 0.0965 e. The molecule has 0 saturated carbocycles. The fourth-order valence-electron chi connectivity index (χ4n) is 1.18. The van der Waals surface area contributed by atoms with E-state index in [1.807, 2.05) is 10.9 Å². The van der Waals surface area contributed by atoms with Crippen LogP contribution in [0.1, 0.15) is 40.3 Å². The Morgan fingerprint density at radius 3 is 2.62 bits per heavy atom. The van der Waals surface area contributed by atoms with E-state index in [9.17, 15) is 0 Å². The minimum atomic E-state index is 0.00512. The van der Waals surface area contributed by atoms with Crippen LogP contribution in [-0.2, 0) is 12.1 Å². The standard InChI is InChI=1S/C12H22N4/c1-10(2)6-7-13-8-11-9-16(15-14-11)12(3,4)5/h6,9,13H,7-8H2,1-5H3. The van der Waals surface area contributed by atoms with Crippen molar-refractivity contribution in [2.75, 3.05) is 6.54 Å². The maximum absolute atomic E-state index is 4.13. The molecule has 4 nitrogen and oxygen atoms in total. The van der Waals surface area contributed by atoms with E-state index in [4.69, 9.17) is 0 Å². The molecule has 1 rings (SSSR count). The van der Waals surface area contributed by atoms with E-state index in [1.54, 1.807) is 0 Å². The van der Waals surface area contributed by atoms with Gasteiger partial charge < -0.3 is 5.32 Å². The molecule has 0 aliphatic carbocycles. The number of hydrogen-bond acceptors (Lipinski definition) is 3. The molecule has 1 aromatic rings. The molecule has 4 heteroatoms. The lowest BCUT2D eigenvalue weighted by molar-refractivity contribution is 0.347. The molecule has 1 N–H and O–H groups in total. The third-order valence-corrected chi connectivity index (χ3v) is 2.19. The molecule has 0 bridgehead atoms. The van der Waals surface area contributed by atoms with Crippen molar-refractivity contribution in [3.63, 3.8) is 0 Å². The Morgan fingerprint density at radius 1 is 1.44 bits per heavy atom. The van der Waals surface area contributed by atoms with Gasteiger partial charge in [0, 0.05) is 13.1 Å². The second-order valence-electron chi connectivity index (χ2n) is 5.24. The first-order valence-corrected chi connectivity index (χ1v) is 5.65. The lowest BCUT2D eigenvalue weighted by Crippen LogP contribution is -2.22. The van der Waals surface area contributed by atoms with Crippen molar-refractivity contribution in [1.82, 2.24) is 20.3 Å². The number of aromatic nitrogens is 3. The van der Waals surface area contributed by atoms with Gasteiger partial charge in [0.2, 0.25) is 0 Å². The highest BCUT2D eigenvalue weighted by Gasteiger charge is 2.14. The lowest BCUT2D eigenvalue weighted by Gasteiger charge is -2.17. The summed E-state index contributed by atoms with van der Waals surface area (Å²) < 4.78 is 1.89. The molecule has 0 atom stereocenters. The summed E-state index contributed by atoms with van der Waals surface area (Å²) in [4.78, 5) is 0. The zero-order valence-corrected chi connectivity index (χ0v) is 10.9. The van der Waals surface area contributed by atoms with Crippen LogP contribution in [0.15, 0.2) is 17.8 Å². The molecule has 0 unspecified atom stereocenters. The topological polar surface area (TPSA) is 42.7 Å². The van der Waals surface area contributed by atoms with Crippen LogP contribution < -0.4 is 5.32 Å². The molecule has 0 saturated heterocycles. The average Bonchev–Trinajstić information content (AvgIpc) is 2.59. The summed E-state index contributed by atoms with van der Waals surface area (Å²) in [5.74, 6) is 0. The highest BCUT2D eigenvalue weighted by Crippen LogP contribution is 2.11. The largest absolute Gasteiger partial charge is 0.308 e. The second kappa shape index (κ2) is 5.25. The van der Waals surface area contributed by atoms with E-state index in [2.05, 4.69) is 56.3 Å². The molecular formula is C12H22N4. The Hall–Kier alpha value is -1.16. The average molecular weight is 222 g/mol. The molecule has 16 heavy (non-hydrogen) atoms. The zero-order chi connectivity index (χ0) is 12.2. The maximum atomic E-state index is 4.13. The summed E-state index contributed by atoms with van der Waals surface area (Å²) in [6, 6.07) is 0. The Kier molecular flexibility index (Phi) is 4.24. The Labute approximate surface area is 97.7 Å². The number of allylic oxidation sites excluding steroid dienone is 1. The van der Waals surface area contributed by atoms with Gasteiger partial charge in [-0.15, -0.1) is 5.10 Å². The van der Waals surface area contributed by atoms with Gasteiger partial charge in [0.05, 0.1) is 17.4 Å². The highest BCUT2D eigenvalue weighted by atomic mass is 15.4. The van der Waals surface area contributed by atoms with Gasteiger partial charge in [0.25, 0.3) is 0 Å². The molecule has 0 aliphatic rings. The van der Waals surface area contributed by atoms with Crippen LogP contribution in [-0.4, -0.2) is 21.5 Å². The number of nitrogens with zero attached hydrogens (tertiary/aromatic N) is 3. The van der Waals surface area contributed by atoms with E-state index in [1.165, 1.54) is 5.57 Å². The van der Waals surface area contributed by atoms with Crippen molar-refractivity contribution in [2.24, 2.45) is 0 Å². The first-order chi connectivity index (χ1) is 7.39. The monoisotopic (exact) mass is 222 g/mol. The fraction of sp³-hybridized carbons (Fsp3) is 0.667. The van der Waals surface area contributed by atoms with Gasteiger partial charge in [-0.3, -0.25) is 0 Å². The van der Waals surface area contributed by atoms with E-state index >= 15 is 0 Å². The Morgan fingerprint density at radius 2 is 2.12 bits per heavy atom. The fourth-order valence-corrected chi connectivity index (χ4v) is 1.18. The molecule has 90 valence electrons. The van der Waals surface area contributed by atoms with Gasteiger partial charge in [-0.05, 0) is 34.6 Å². The van der Waals surface area contributed by atoms with Crippen LogP contribution in [0.4, 0.5) is 0 Å². The van der Waals surface area contributed by atoms with Gasteiger partial charge in [-0.25, -0.2) is 4.68 Å². The minimum absolute atomic E-state index is 0.00512. The van der Waals surface area contributed by atoms with Crippen molar-refractivity contribution in [3.8, 4) is 0 Å². The summed E-state index contributed by atoms with van der Waals surface area (Å²) in [5.41, 5.74) is 2.31. The first kappa shape index (κ1) is 12.9. The third kappa shape index (κ3) is 4.14. The zero-order valence-electron chi connectivity index (χ0n) is 10.9. The maximum Gasteiger partial charge on any atom is 0.0965 e. The van der Waals surface area contributed by atoms with Gasteiger partial charge in [0.15, 0.2) is 0 Å². The second-order valence-corrected chi connectivity index (χ2v) is 5.24. The SMILES string of the molecule is CC(C)=CCNCc1cn(C(C)(C)C)nn1. The molecule has 0 fully saturated rings.